The minimum atomic E-state index is -0.102. The van der Waals surface area contributed by atoms with Gasteiger partial charge in [-0.2, -0.15) is 0 Å². The van der Waals surface area contributed by atoms with Crippen molar-refractivity contribution >= 4 is 34.6 Å². The van der Waals surface area contributed by atoms with E-state index in [-0.39, 0.29) is 5.91 Å². The van der Waals surface area contributed by atoms with Crippen LogP contribution >= 0.6 is 11.8 Å². The molecule has 1 aliphatic heterocycles. The van der Waals surface area contributed by atoms with Crippen molar-refractivity contribution in [3.05, 3.63) is 70.6 Å². The van der Waals surface area contributed by atoms with E-state index in [0.717, 1.165) is 11.3 Å². The third-order valence-electron chi connectivity index (χ3n) is 3.01. The minimum absolute atomic E-state index is 0.102. The summed E-state index contributed by atoms with van der Waals surface area (Å²) in [6.45, 7) is 2.04. The quantitative estimate of drug-likeness (QED) is 0.854. The Bertz CT molecular complexity index is 718. The zero-order valence-electron chi connectivity index (χ0n) is 11.5. The topological polar surface area (TPSA) is 41.5 Å². The normalized spacial score (nSPS) is 18.2. The molecule has 2 aromatic rings. The fourth-order valence-corrected chi connectivity index (χ4v) is 2.76. The number of nitrogens with zero attached hydrogens (tertiary/aromatic N) is 1. The summed E-state index contributed by atoms with van der Waals surface area (Å²) in [5, 5.41) is 3.41. The van der Waals surface area contributed by atoms with E-state index in [1.807, 2.05) is 67.6 Å². The molecule has 0 radical (unpaired) electrons. The van der Waals surface area contributed by atoms with Crippen LogP contribution < -0.4 is 5.32 Å². The molecule has 2 aromatic carbocycles. The first kappa shape index (κ1) is 13.6. The number of rotatable bonds is 2. The third kappa shape index (κ3) is 3.41. The lowest BCUT2D eigenvalue weighted by molar-refractivity contribution is -0.115. The lowest BCUT2D eigenvalue weighted by Gasteiger charge is -1.96. The number of amidine groups is 1. The van der Waals surface area contributed by atoms with Gasteiger partial charge in [0.1, 0.15) is 0 Å². The average Bonchev–Trinajstić information content (AvgIpc) is 2.82. The summed E-state index contributed by atoms with van der Waals surface area (Å²) >= 11 is 1.36. The van der Waals surface area contributed by atoms with Crippen LogP contribution in [0, 0.1) is 6.92 Å². The molecule has 1 N–H and O–H groups in total. The first-order valence-corrected chi connectivity index (χ1v) is 7.44. The molecule has 0 saturated carbocycles. The molecule has 1 amide bonds. The molecule has 4 heteroatoms. The van der Waals surface area contributed by atoms with Gasteiger partial charge in [0.05, 0.1) is 10.6 Å². The van der Waals surface area contributed by atoms with Gasteiger partial charge in [0.15, 0.2) is 5.17 Å². The van der Waals surface area contributed by atoms with E-state index < -0.39 is 0 Å². The van der Waals surface area contributed by atoms with Gasteiger partial charge in [0, 0.05) is 0 Å². The molecule has 3 nitrogen and oxygen atoms in total. The molecule has 1 fully saturated rings. The van der Waals surface area contributed by atoms with Crippen LogP contribution in [0.5, 0.6) is 0 Å². The molecule has 1 saturated heterocycles. The van der Waals surface area contributed by atoms with E-state index in [1.165, 1.54) is 17.3 Å². The number of hydrogen-bond acceptors (Lipinski definition) is 3. The standard InChI is InChI=1S/C17H14N2OS/c1-12-7-9-13(10-8-12)11-15-16(20)19-17(21-15)18-14-5-3-2-4-6-14/h2-11H,1H3,(H,18,19,20)/b15-11+. The average molecular weight is 294 g/mol. The molecule has 1 aliphatic rings. The third-order valence-corrected chi connectivity index (χ3v) is 3.92. The number of para-hydroxylation sites is 1. The first-order valence-electron chi connectivity index (χ1n) is 6.62. The predicted molar refractivity (Wildman–Crippen MR) is 88.4 cm³/mol. The van der Waals surface area contributed by atoms with Crippen LogP contribution in [0.15, 0.2) is 64.5 Å². The summed E-state index contributed by atoms with van der Waals surface area (Å²) in [4.78, 5) is 17.0. The molecule has 0 aromatic heterocycles. The molecule has 1 heterocycles. The Kier molecular flexibility index (Phi) is 3.88. The van der Waals surface area contributed by atoms with E-state index in [1.54, 1.807) is 0 Å². The van der Waals surface area contributed by atoms with Gasteiger partial charge in [0.25, 0.3) is 5.91 Å². The maximum atomic E-state index is 12.0. The number of thioether (sulfide) groups is 1. The van der Waals surface area contributed by atoms with Crippen LogP contribution in [0.25, 0.3) is 6.08 Å². The van der Waals surface area contributed by atoms with Crippen molar-refractivity contribution in [3.8, 4) is 0 Å². The lowest BCUT2D eigenvalue weighted by atomic mass is 10.1. The van der Waals surface area contributed by atoms with Crippen LogP contribution in [0.4, 0.5) is 5.69 Å². The van der Waals surface area contributed by atoms with E-state index >= 15 is 0 Å². The SMILES string of the molecule is Cc1ccc(/C=C2/SC(=Nc3ccccc3)NC2=O)cc1. The number of aliphatic imine (C=N–C) groups is 1. The zero-order chi connectivity index (χ0) is 14.7. The van der Waals surface area contributed by atoms with E-state index in [4.69, 9.17) is 0 Å². The number of benzene rings is 2. The Hall–Kier alpha value is -2.33. The van der Waals surface area contributed by atoms with Crippen molar-refractivity contribution in [1.82, 2.24) is 5.32 Å². The molecular weight excluding hydrogens is 280 g/mol. The van der Waals surface area contributed by atoms with Gasteiger partial charge in [-0.1, -0.05) is 48.0 Å². The van der Waals surface area contributed by atoms with Gasteiger partial charge in [-0.3, -0.25) is 4.79 Å². The maximum Gasteiger partial charge on any atom is 0.264 e. The first-order chi connectivity index (χ1) is 10.2. The molecule has 0 aliphatic carbocycles. The number of nitrogens with one attached hydrogen (secondary N) is 1. The number of aryl methyl sites for hydroxylation is 1. The number of amides is 1. The molecule has 0 atom stereocenters. The van der Waals surface area contributed by atoms with Crippen LogP contribution in [-0.4, -0.2) is 11.1 Å². The second-order valence-electron chi connectivity index (χ2n) is 4.73. The van der Waals surface area contributed by atoms with Crippen molar-refractivity contribution in [2.75, 3.05) is 0 Å². The summed E-state index contributed by atoms with van der Waals surface area (Å²) in [6, 6.07) is 17.7. The molecule has 0 spiro atoms. The predicted octanol–water partition coefficient (Wildman–Crippen LogP) is 3.89. The minimum Gasteiger partial charge on any atom is -0.300 e. The highest BCUT2D eigenvalue weighted by Gasteiger charge is 2.23. The number of hydrogen-bond donors (Lipinski definition) is 1. The fraction of sp³-hybridized carbons (Fsp3) is 0.0588. The van der Waals surface area contributed by atoms with E-state index in [9.17, 15) is 4.79 Å². The van der Waals surface area contributed by atoms with Gasteiger partial charge in [0.2, 0.25) is 0 Å². The van der Waals surface area contributed by atoms with E-state index in [0.29, 0.717) is 10.1 Å². The molecule has 3 rings (SSSR count). The van der Waals surface area contributed by atoms with Crippen LogP contribution in [0.2, 0.25) is 0 Å². The fourth-order valence-electron chi connectivity index (χ4n) is 1.91. The van der Waals surface area contributed by atoms with Crippen molar-refractivity contribution in [1.29, 1.82) is 0 Å². The summed E-state index contributed by atoms with van der Waals surface area (Å²) in [5.74, 6) is -0.102. The van der Waals surface area contributed by atoms with Crippen LogP contribution in [-0.2, 0) is 4.79 Å². The summed E-state index contributed by atoms with van der Waals surface area (Å²) < 4.78 is 0. The summed E-state index contributed by atoms with van der Waals surface area (Å²) in [6.07, 6.45) is 1.88. The van der Waals surface area contributed by atoms with Crippen LogP contribution in [0.3, 0.4) is 0 Å². The van der Waals surface area contributed by atoms with Gasteiger partial charge < -0.3 is 5.32 Å². The van der Waals surface area contributed by atoms with Gasteiger partial charge in [-0.15, -0.1) is 0 Å². The zero-order valence-corrected chi connectivity index (χ0v) is 12.4. The van der Waals surface area contributed by atoms with Crippen LogP contribution in [0.1, 0.15) is 11.1 Å². The van der Waals surface area contributed by atoms with Crippen molar-refractivity contribution in [2.45, 2.75) is 6.92 Å². The van der Waals surface area contributed by atoms with Crippen molar-refractivity contribution in [3.63, 3.8) is 0 Å². The Morgan fingerprint density at radius 2 is 1.76 bits per heavy atom. The summed E-state index contributed by atoms with van der Waals surface area (Å²) in [7, 11) is 0. The summed E-state index contributed by atoms with van der Waals surface area (Å²) in [5.41, 5.74) is 3.04. The van der Waals surface area contributed by atoms with Gasteiger partial charge in [-0.05, 0) is 42.5 Å². The molecular formula is C17H14N2OS. The van der Waals surface area contributed by atoms with E-state index in [2.05, 4.69) is 10.3 Å². The maximum absolute atomic E-state index is 12.0. The monoisotopic (exact) mass is 294 g/mol. The lowest BCUT2D eigenvalue weighted by Crippen LogP contribution is -2.19. The van der Waals surface area contributed by atoms with Crippen molar-refractivity contribution in [2.24, 2.45) is 4.99 Å². The second-order valence-corrected chi connectivity index (χ2v) is 5.76. The Labute approximate surface area is 127 Å². The molecule has 104 valence electrons. The van der Waals surface area contributed by atoms with Gasteiger partial charge in [-0.25, -0.2) is 4.99 Å². The highest BCUT2D eigenvalue weighted by Crippen LogP contribution is 2.27. The largest absolute Gasteiger partial charge is 0.300 e. The van der Waals surface area contributed by atoms with Gasteiger partial charge >= 0.3 is 0 Å². The second kappa shape index (κ2) is 5.97. The highest BCUT2D eigenvalue weighted by molar-refractivity contribution is 8.18. The molecule has 21 heavy (non-hydrogen) atoms. The highest BCUT2D eigenvalue weighted by atomic mass is 32.2. The Morgan fingerprint density at radius 1 is 1.05 bits per heavy atom. The Balaban J connectivity index is 1.82. The molecule has 0 unspecified atom stereocenters. The number of carbonyl (C=O) groups is 1. The number of carbonyl (C=O) groups excluding carboxylic acids is 1. The van der Waals surface area contributed by atoms with Crippen molar-refractivity contribution < 1.29 is 4.79 Å². The Morgan fingerprint density at radius 3 is 2.48 bits per heavy atom. The smallest absolute Gasteiger partial charge is 0.264 e. The molecule has 0 bridgehead atoms.